The lowest BCUT2D eigenvalue weighted by Crippen LogP contribution is -2.48. The third-order valence-electron chi connectivity index (χ3n) is 6.38. The van der Waals surface area contributed by atoms with Gasteiger partial charge in [0.2, 0.25) is 0 Å². The van der Waals surface area contributed by atoms with Crippen LogP contribution in [0.25, 0.3) is 6.08 Å². The van der Waals surface area contributed by atoms with Crippen LogP contribution in [0.3, 0.4) is 0 Å². The molecular formula is C25H24FN5O4S2. The highest BCUT2D eigenvalue weighted by molar-refractivity contribution is 8.26. The molecular weight excluding hydrogens is 517 g/mol. The van der Waals surface area contributed by atoms with Gasteiger partial charge in [-0.3, -0.25) is 23.9 Å². The van der Waals surface area contributed by atoms with Crippen LogP contribution in [-0.4, -0.2) is 63.5 Å². The van der Waals surface area contributed by atoms with Crippen molar-refractivity contribution >= 4 is 57.8 Å². The number of rotatable bonds is 6. The summed E-state index contributed by atoms with van der Waals surface area (Å²) in [6, 6.07) is 8.28. The van der Waals surface area contributed by atoms with Crippen LogP contribution in [0.1, 0.15) is 23.6 Å². The second-order valence-electron chi connectivity index (χ2n) is 8.51. The number of thioether (sulfide) groups is 1. The molecule has 0 bridgehead atoms. The molecule has 0 spiro atoms. The SMILES string of the molecule is CCn1c(N2CCN(c3ccc(F)cc3)CC2)c(/C=C2\SC(=S)N(CC(=O)O)C2=O)c(C)c(C#N)c1=O. The van der Waals surface area contributed by atoms with Crippen molar-refractivity contribution in [2.24, 2.45) is 0 Å². The number of thiocarbonyl (C=S) groups is 1. The maximum atomic E-state index is 13.4. The Bertz CT molecular complexity index is 1410. The predicted molar refractivity (Wildman–Crippen MR) is 144 cm³/mol. The third-order valence-corrected chi connectivity index (χ3v) is 7.75. The summed E-state index contributed by atoms with van der Waals surface area (Å²) in [5, 5.41) is 18.9. The topological polar surface area (TPSA) is 110 Å². The van der Waals surface area contributed by atoms with Gasteiger partial charge in [-0.2, -0.15) is 5.26 Å². The first-order valence-corrected chi connectivity index (χ1v) is 12.8. The fraction of sp³-hybridized carbons (Fsp3) is 0.320. The van der Waals surface area contributed by atoms with E-state index in [1.165, 1.54) is 16.7 Å². The summed E-state index contributed by atoms with van der Waals surface area (Å²) < 4.78 is 15.0. The number of aliphatic carboxylic acids is 1. The van der Waals surface area contributed by atoms with E-state index in [0.29, 0.717) is 49.7 Å². The number of carbonyl (C=O) groups excluding carboxylic acids is 1. The highest BCUT2D eigenvalue weighted by Gasteiger charge is 2.34. The molecule has 12 heteroatoms. The van der Waals surface area contributed by atoms with Crippen molar-refractivity contribution in [3.05, 3.63) is 62.0 Å². The Balaban J connectivity index is 1.76. The molecule has 0 saturated carbocycles. The lowest BCUT2D eigenvalue weighted by Gasteiger charge is -2.39. The molecule has 1 N–H and O–H groups in total. The fourth-order valence-electron chi connectivity index (χ4n) is 4.51. The minimum absolute atomic E-state index is 0.0113. The molecule has 1 amide bonds. The molecule has 4 rings (SSSR count). The van der Waals surface area contributed by atoms with Crippen LogP contribution in [0.15, 0.2) is 34.0 Å². The highest BCUT2D eigenvalue weighted by atomic mass is 32.2. The Morgan fingerprint density at radius 3 is 2.38 bits per heavy atom. The van der Waals surface area contributed by atoms with E-state index >= 15 is 0 Å². The molecule has 2 aliphatic rings. The number of carboxylic acid groups (broad SMARTS) is 1. The van der Waals surface area contributed by atoms with Gasteiger partial charge in [-0.1, -0.05) is 24.0 Å². The Labute approximate surface area is 222 Å². The average Bonchev–Trinajstić information content (AvgIpc) is 3.13. The number of carbonyl (C=O) groups is 2. The predicted octanol–water partition coefficient (Wildman–Crippen LogP) is 2.80. The van der Waals surface area contributed by atoms with Crippen LogP contribution < -0.4 is 15.4 Å². The Hall–Kier alpha value is -3.69. The van der Waals surface area contributed by atoms with Crippen LogP contribution in [0.4, 0.5) is 15.9 Å². The van der Waals surface area contributed by atoms with E-state index in [1.807, 2.05) is 17.9 Å². The van der Waals surface area contributed by atoms with E-state index < -0.39 is 24.0 Å². The average molecular weight is 542 g/mol. The lowest BCUT2D eigenvalue weighted by molar-refractivity contribution is -0.140. The summed E-state index contributed by atoms with van der Waals surface area (Å²) in [5.74, 6) is -1.43. The Morgan fingerprint density at radius 2 is 1.81 bits per heavy atom. The quantitative estimate of drug-likeness (QED) is 0.436. The number of halogens is 1. The molecule has 0 unspecified atom stereocenters. The highest BCUT2D eigenvalue weighted by Crippen LogP contribution is 2.36. The van der Waals surface area contributed by atoms with E-state index in [2.05, 4.69) is 4.90 Å². The zero-order valence-electron chi connectivity index (χ0n) is 20.2. The minimum Gasteiger partial charge on any atom is -0.480 e. The van der Waals surface area contributed by atoms with Crippen molar-refractivity contribution in [2.75, 3.05) is 42.5 Å². The van der Waals surface area contributed by atoms with Crippen molar-refractivity contribution in [3.63, 3.8) is 0 Å². The largest absolute Gasteiger partial charge is 0.480 e. The van der Waals surface area contributed by atoms with Gasteiger partial charge in [0.25, 0.3) is 11.5 Å². The van der Waals surface area contributed by atoms with Gasteiger partial charge < -0.3 is 14.9 Å². The first-order chi connectivity index (χ1) is 17.7. The summed E-state index contributed by atoms with van der Waals surface area (Å²) in [7, 11) is 0. The van der Waals surface area contributed by atoms with Crippen LogP contribution in [0.5, 0.6) is 0 Å². The normalized spacial score (nSPS) is 17.0. The lowest BCUT2D eigenvalue weighted by atomic mass is 10.0. The van der Waals surface area contributed by atoms with Crippen molar-refractivity contribution in [3.8, 4) is 6.07 Å². The van der Waals surface area contributed by atoms with Crippen LogP contribution in [0, 0.1) is 24.1 Å². The molecule has 2 saturated heterocycles. The van der Waals surface area contributed by atoms with E-state index in [0.717, 1.165) is 22.3 Å². The molecule has 0 radical (unpaired) electrons. The summed E-state index contributed by atoms with van der Waals surface area (Å²) in [6.07, 6.45) is 1.60. The molecule has 0 aliphatic carbocycles. The smallest absolute Gasteiger partial charge is 0.323 e. The standard InChI is InChI=1S/C25H24FN5O4S2/c1-3-30-22(29-10-8-28(9-11-29)17-6-4-16(26)5-7-17)18(15(2)19(13-27)23(30)34)12-20-24(35)31(14-21(32)33)25(36)37-20/h4-7,12H,3,8-11,14H2,1-2H3,(H,32,33)/b20-12-. The zero-order valence-corrected chi connectivity index (χ0v) is 21.9. The van der Waals surface area contributed by atoms with E-state index in [1.54, 1.807) is 25.1 Å². The van der Waals surface area contributed by atoms with E-state index in [-0.39, 0.29) is 20.6 Å². The summed E-state index contributed by atoms with van der Waals surface area (Å²) >= 11 is 6.21. The summed E-state index contributed by atoms with van der Waals surface area (Å²) in [6.45, 7) is 5.56. The van der Waals surface area contributed by atoms with E-state index in [4.69, 9.17) is 17.3 Å². The van der Waals surface area contributed by atoms with Crippen LogP contribution in [-0.2, 0) is 16.1 Å². The van der Waals surface area contributed by atoms with E-state index in [9.17, 15) is 24.0 Å². The van der Waals surface area contributed by atoms with Gasteiger partial charge in [0.1, 0.15) is 34.1 Å². The fourth-order valence-corrected chi connectivity index (χ4v) is 5.75. The number of nitrogens with zero attached hydrogens (tertiary/aromatic N) is 5. The number of piperazine rings is 1. The van der Waals surface area contributed by atoms with Crippen molar-refractivity contribution in [1.29, 1.82) is 5.26 Å². The third kappa shape index (κ3) is 5.10. The molecule has 2 aromatic rings. The summed E-state index contributed by atoms with van der Waals surface area (Å²) in [4.78, 5) is 42.8. The van der Waals surface area contributed by atoms with Gasteiger partial charge in [0, 0.05) is 44.0 Å². The maximum absolute atomic E-state index is 13.4. The number of pyridine rings is 1. The molecule has 1 aromatic heterocycles. The van der Waals surface area contributed by atoms with Crippen molar-refractivity contribution in [2.45, 2.75) is 20.4 Å². The van der Waals surface area contributed by atoms with Gasteiger partial charge in [-0.05, 0) is 49.8 Å². The zero-order chi connectivity index (χ0) is 26.9. The van der Waals surface area contributed by atoms with Gasteiger partial charge in [0.15, 0.2) is 0 Å². The Kier molecular flexibility index (Phi) is 7.65. The molecule has 1 aromatic carbocycles. The second kappa shape index (κ2) is 10.7. The second-order valence-corrected chi connectivity index (χ2v) is 10.2. The maximum Gasteiger partial charge on any atom is 0.323 e. The van der Waals surface area contributed by atoms with Crippen molar-refractivity contribution < 1.29 is 19.1 Å². The minimum atomic E-state index is -1.18. The van der Waals surface area contributed by atoms with Gasteiger partial charge in [-0.15, -0.1) is 0 Å². The number of hydrogen-bond donors (Lipinski definition) is 1. The molecule has 9 nitrogen and oxygen atoms in total. The summed E-state index contributed by atoms with van der Waals surface area (Å²) in [5.41, 5.74) is 1.46. The molecule has 3 heterocycles. The number of carboxylic acids is 1. The number of nitriles is 1. The number of amides is 1. The monoisotopic (exact) mass is 541 g/mol. The van der Waals surface area contributed by atoms with Gasteiger partial charge in [-0.25, -0.2) is 4.39 Å². The molecule has 37 heavy (non-hydrogen) atoms. The molecule has 192 valence electrons. The number of anilines is 2. The molecule has 0 atom stereocenters. The van der Waals surface area contributed by atoms with Gasteiger partial charge >= 0.3 is 5.97 Å². The number of benzene rings is 1. The number of aromatic nitrogens is 1. The number of hydrogen-bond acceptors (Lipinski definition) is 8. The molecule has 2 aliphatic heterocycles. The Morgan fingerprint density at radius 1 is 1.19 bits per heavy atom. The molecule has 2 fully saturated rings. The first-order valence-electron chi connectivity index (χ1n) is 11.6. The van der Waals surface area contributed by atoms with Crippen molar-refractivity contribution in [1.82, 2.24) is 9.47 Å². The van der Waals surface area contributed by atoms with Gasteiger partial charge in [0.05, 0.1) is 4.91 Å². The first kappa shape index (κ1) is 26.4. The van der Waals surface area contributed by atoms with Crippen LogP contribution >= 0.6 is 24.0 Å². The van der Waals surface area contributed by atoms with Crippen LogP contribution in [0.2, 0.25) is 0 Å².